The summed E-state index contributed by atoms with van der Waals surface area (Å²) >= 11 is 0. The highest BCUT2D eigenvalue weighted by atomic mass is 16.4. The zero-order valence-electron chi connectivity index (χ0n) is 10.7. The van der Waals surface area contributed by atoms with Crippen molar-refractivity contribution in [2.45, 2.75) is 13.3 Å². The highest BCUT2D eigenvalue weighted by molar-refractivity contribution is 5.69. The summed E-state index contributed by atoms with van der Waals surface area (Å²) in [6.07, 6.45) is 2.96. The van der Waals surface area contributed by atoms with Crippen LogP contribution in [0.4, 0.5) is 6.01 Å². The third-order valence-electron chi connectivity index (χ3n) is 3.34. The molecule has 0 aliphatic carbocycles. The van der Waals surface area contributed by atoms with Gasteiger partial charge in [0.15, 0.2) is 5.58 Å². The van der Waals surface area contributed by atoms with E-state index in [1.165, 1.54) is 13.0 Å². The molecule has 2 aromatic heterocycles. The number of nitrogens with zero attached hydrogens (tertiary/aromatic N) is 4. The molecule has 0 spiro atoms. The van der Waals surface area contributed by atoms with Crippen LogP contribution in [0.1, 0.15) is 13.3 Å². The lowest BCUT2D eigenvalue weighted by Gasteiger charge is -2.33. The number of hydrogen-bond donors (Lipinski definition) is 0. The Kier molecular flexibility index (Phi) is 3.15. The Labute approximate surface area is 106 Å². The summed E-state index contributed by atoms with van der Waals surface area (Å²) in [5.74, 6) is 0. The fraction of sp³-hybridized carbons (Fsp3) is 0.538. The van der Waals surface area contributed by atoms with E-state index in [-0.39, 0.29) is 0 Å². The van der Waals surface area contributed by atoms with E-state index >= 15 is 0 Å². The fourth-order valence-corrected chi connectivity index (χ4v) is 2.37. The van der Waals surface area contributed by atoms with E-state index in [0.29, 0.717) is 11.7 Å². The van der Waals surface area contributed by atoms with Gasteiger partial charge in [0.25, 0.3) is 6.01 Å². The molecule has 5 nitrogen and oxygen atoms in total. The molecule has 0 saturated carbocycles. The van der Waals surface area contributed by atoms with Crippen LogP contribution in [0.15, 0.2) is 22.7 Å². The van der Waals surface area contributed by atoms with Gasteiger partial charge in [-0.15, -0.1) is 0 Å². The second-order valence-electron chi connectivity index (χ2n) is 4.65. The van der Waals surface area contributed by atoms with Gasteiger partial charge < -0.3 is 9.32 Å². The van der Waals surface area contributed by atoms with Crippen LogP contribution in [0.2, 0.25) is 0 Å². The first-order chi connectivity index (χ1) is 8.86. The van der Waals surface area contributed by atoms with Crippen LogP contribution in [0.5, 0.6) is 0 Å². The molecule has 0 aromatic carbocycles. The predicted molar refractivity (Wildman–Crippen MR) is 70.7 cm³/mol. The molecule has 0 N–H and O–H groups in total. The van der Waals surface area contributed by atoms with Crippen molar-refractivity contribution in [3.63, 3.8) is 0 Å². The van der Waals surface area contributed by atoms with E-state index in [1.807, 2.05) is 12.1 Å². The lowest BCUT2D eigenvalue weighted by molar-refractivity contribution is 0.254. The number of oxazole rings is 1. The Bertz CT molecular complexity index is 483. The number of anilines is 1. The molecule has 0 atom stereocenters. The minimum Gasteiger partial charge on any atom is -0.422 e. The normalized spacial score (nSPS) is 17.5. The summed E-state index contributed by atoms with van der Waals surface area (Å²) in [6.45, 7) is 7.53. The molecule has 0 bridgehead atoms. The molecule has 0 radical (unpaired) electrons. The second kappa shape index (κ2) is 4.94. The van der Waals surface area contributed by atoms with E-state index in [1.54, 1.807) is 6.20 Å². The monoisotopic (exact) mass is 246 g/mol. The molecule has 1 aliphatic rings. The van der Waals surface area contributed by atoms with Gasteiger partial charge in [0.1, 0.15) is 0 Å². The highest BCUT2D eigenvalue weighted by Gasteiger charge is 2.20. The maximum absolute atomic E-state index is 5.74. The average molecular weight is 246 g/mol. The topological polar surface area (TPSA) is 45.4 Å². The molecule has 5 heteroatoms. The van der Waals surface area contributed by atoms with Gasteiger partial charge in [0.2, 0.25) is 5.65 Å². The Balaban J connectivity index is 1.72. The molecule has 0 amide bonds. The molecule has 3 rings (SSSR count). The molecule has 1 saturated heterocycles. The number of rotatable bonds is 3. The quantitative estimate of drug-likeness (QED) is 0.825. The Hall–Kier alpha value is -1.62. The molecule has 1 aliphatic heterocycles. The first kappa shape index (κ1) is 11.5. The molecule has 0 unspecified atom stereocenters. The molecule has 2 aromatic rings. The number of hydrogen-bond acceptors (Lipinski definition) is 5. The Morgan fingerprint density at radius 1 is 1.28 bits per heavy atom. The molecule has 3 heterocycles. The van der Waals surface area contributed by atoms with Crippen molar-refractivity contribution in [2.75, 3.05) is 37.6 Å². The SMILES string of the molecule is CCCN1CCN(c2nc3ncccc3o2)CC1. The van der Waals surface area contributed by atoms with Crippen LogP contribution in [0.25, 0.3) is 11.2 Å². The third kappa shape index (κ3) is 2.18. The van der Waals surface area contributed by atoms with Crippen molar-refractivity contribution >= 4 is 17.2 Å². The lowest BCUT2D eigenvalue weighted by atomic mass is 10.3. The fourth-order valence-electron chi connectivity index (χ4n) is 2.37. The zero-order valence-corrected chi connectivity index (χ0v) is 10.7. The van der Waals surface area contributed by atoms with Crippen LogP contribution in [0.3, 0.4) is 0 Å². The van der Waals surface area contributed by atoms with Gasteiger partial charge in [-0.3, -0.25) is 4.90 Å². The lowest BCUT2D eigenvalue weighted by Crippen LogP contribution is -2.46. The molecule has 18 heavy (non-hydrogen) atoms. The summed E-state index contributed by atoms with van der Waals surface area (Å²) in [5, 5.41) is 0. The van der Waals surface area contributed by atoms with Gasteiger partial charge in [-0.1, -0.05) is 6.92 Å². The van der Waals surface area contributed by atoms with E-state index in [4.69, 9.17) is 4.42 Å². The number of aromatic nitrogens is 2. The summed E-state index contributed by atoms with van der Waals surface area (Å²) in [5.41, 5.74) is 1.46. The van der Waals surface area contributed by atoms with Gasteiger partial charge in [0.05, 0.1) is 0 Å². The maximum atomic E-state index is 5.74. The van der Waals surface area contributed by atoms with E-state index in [2.05, 4.69) is 26.7 Å². The highest BCUT2D eigenvalue weighted by Crippen LogP contribution is 2.21. The molecular formula is C13H18N4O. The van der Waals surface area contributed by atoms with Crippen molar-refractivity contribution in [1.29, 1.82) is 0 Å². The van der Waals surface area contributed by atoms with Crippen LogP contribution >= 0.6 is 0 Å². The van der Waals surface area contributed by atoms with Crippen LogP contribution in [-0.2, 0) is 0 Å². The van der Waals surface area contributed by atoms with Gasteiger partial charge >= 0.3 is 0 Å². The summed E-state index contributed by atoms with van der Waals surface area (Å²) < 4.78 is 5.74. The summed E-state index contributed by atoms with van der Waals surface area (Å²) in [7, 11) is 0. The summed E-state index contributed by atoms with van der Waals surface area (Å²) in [6, 6.07) is 4.49. The molecule has 96 valence electrons. The van der Waals surface area contributed by atoms with Gasteiger partial charge in [0, 0.05) is 32.4 Å². The average Bonchev–Trinajstić information content (AvgIpc) is 2.84. The van der Waals surface area contributed by atoms with Crippen molar-refractivity contribution in [1.82, 2.24) is 14.9 Å². The zero-order chi connectivity index (χ0) is 12.4. The first-order valence-electron chi connectivity index (χ1n) is 6.55. The molecule has 1 fully saturated rings. The summed E-state index contributed by atoms with van der Waals surface area (Å²) in [4.78, 5) is 13.3. The Morgan fingerprint density at radius 3 is 2.83 bits per heavy atom. The van der Waals surface area contributed by atoms with Crippen molar-refractivity contribution in [3.05, 3.63) is 18.3 Å². The smallest absolute Gasteiger partial charge is 0.300 e. The minimum absolute atomic E-state index is 0.698. The molecular weight excluding hydrogens is 228 g/mol. The largest absolute Gasteiger partial charge is 0.422 e. The number of pyridine rings is 1. The van der Waals surface area contributed by atoms with Crippen molar-refractivity contribution in [2.24, 2.45) is 0 Å². The van der Waals surface area contributed by atoms with E-state index in [9.17, 15) is 0 Å². The van der Waals surface area contributed by atoms with Crippen LogP contribution in [-0.4, -0.2) is 47.6 Å². The second-order valence-corrected chi connectivity index (χ2v) is 4.65. The Morgan fingerprint density at radius 2 is 2.11 bits per heavy atom. The van der Waals surface area contributed by atoms with Crippen molar-refractivity contribution < 1.29 is 4.42 Å². The standard InChI is InChI=1S/C13H18N4O/c1-2-6-16-7-9-17(10-8-16)13-15-12-11(18-13)4-3-5-14-12/h3-5H,2,6-10H2,1H3. The van der Waals surface area contributed by atoms with Crippen LogP contribution in [0, 0.1) is 0 Å². The minimum atomic E-state index is 0.698. The van der Waals surface area contributed by atoms with Gasteiger partial charge in [-0.05, 0) is 25.1 Å². The number of piperazine rings is 1. The predicted octanol–water partition coefficient (Wildman–Crippen LogP) is 1.75. The number of fused-ring (bicyclic) bond motifs is 1. The first-order valence-corrected chi connectivity index (χ1v) is 6.55. The maximum Gasteiger partial charge on any atom is 0.300 e. The van der Waals surface area contributed by atoms with Crippen molar-refractivity contribution in [3.8, 4) is 0 Å². The van der Waals surface area contributed by atoms with Gasteiger partial charge in [-0.25, -0.2) is 4.98 Å². The van der Waals surface area contributed by atoms with Gasteiger partial charge in [-0.2, -0.15) is 4.98 Å². The van der Waals surface area contributed by atoms with E-state index < -0.39 is 0 Å². The van der Waals surface area contributed by atoms with Crippen LogP contribution < -0.4 is 4.90 Å². The van der Waals surface area contributed by atoms with E-state index in [0.717, 1.165) is 31.8 Å². The third-order valence-corrected chi connectivity index (χ3v) is 3.34.